The largest absolute Gasteiger partial charge is 0.383 e. The van der Waals surface area contributed by atoms with E-state index in [0.717, 1.165) is 24.5 Å². The van der Waals surface area contributed by atoms with Crippen molar-refractivity contribution in [3.8, 4) is 0 Å². The van der Waals surface area contributed by atoms with Crippen LogP contribution in [-0.4, -0.2) is 29.5 Å². The molecule has 0 bridgehead atoms. The fourth-order valence-electron chi connectivity index (χ4n) is 2.08. The molecule has 106 valence electrons. The van der Waals surface area contributed by atoms with E-state index in [1.807, 2.05) is 31.2 Å². The average molecular weight is 269 g/mol. The number of para-hydroxylation sites is 1. The highest BCUT2D eigenvalue weighted by Crippen LogP contribution is 2.08. The number of nitrogens with zero attached hydrogens (tertiary/aromatic N) is 2. The molecule has 1 heterocycles. The van der Waals surface area contributed by atoms with Crippen LogP contribution < -0.4 is 5.32 Å². The van der Waals surface area contributed by atoms with Crippen LogP contribution in [0.1, 0.15) is 18.3 Å². The number of pyridine rings is 1. The summed E-state index contributed by atoms with van der Waals surface area (Å²) in [6, 6.07) is 16.9. The van der Waals surface area contributed by atoms with Crippen LogP contribution in [0.25, 0.3) is 0 Å². The van der Waals surface area contributed by atoms with Crippen molar-refractivity contribution in [1.82, 2.24) is 9.88 Å². The van der Waals surface area contributed by atoms with E-state index in [1.165, 1.54) is 5.69 Å². The zero-order chi connectivity index (χ0) is 14.4. The van der Waals surface area contributed by atoms with Gasteiger partial charge in [-0.1, -0.05) is 24.3 Å². The van der Waals surface area contributed by atoms with E-state index in [2.05, 4.69) is 53.4 Å². The fraction of sp³-hybridized carbons (Fsp3) is 0.353. The molecule has 2 aromatic rings. The molecule has 0 aliphatic rings. The first-order chi connectivity index (χ1) is 9.65. The molecule has 0 spiro atoms. The van der Waals surface area contributed by atoms with Crippen LogP contribution >= 0.6 is 0 Å². The van der Waals surface area contributed by atoms with Crippen LogP contribution in [0.3, 0.4) is 0 Å². The summed E-state index contributed by atoms with van der Waals surface area (Å²) < 4.78 is 0. The molecule has 0 aliphatic heterocycles. The maximum absolute atomic E-state index is 4.55. The Morgan fingerprint density at radius 2 is 1.85 bits per heavy atom. The number of aromatic nitrogens is 1. The molecular formula is C17H23N3. The highest BCUT2D eigenvalue weighted by molar-refractivity contribution is 5.42. The number of likely N-dealkylation sites (N-methyl/N-ethyl adjacent to an activating group) is 1. The van der Waals surface area contributed by atoms with E-state index in [-0.39, 0.29) is 0 Å². The minimum absolute atomic E-state index is 0.442. The molecule has 20 heavy (non-hydrogen) atoms. The van der Waals surface area contributed by atoms with Gasteiger partial charge in [0, 0.05) is 30.5 Å². The van der Waals surface area contributed by atoms with Gasteiger partial charge in [-0.15, -0.1) is 0 Å². The van der Waals surface area contributed by atoms with E-state index in [4.69, 9.17) is 0 Å². The Bertz CT molecular complexity index is 525. The molecule has 0 aliphatic carbocycles. The monoisotopic (exact) mass is 269 g/mol. The van der Waals surface area contributed by atoms with Crippen LogP contribution in [0.4, 0.5) is 5.69 Å². The quantitative estimate of drug-likeness (QED) is 0.872. The van der Waals surface area contributed by atoms with E-state index in [1.54, 1.807) is 0 Å². The van der Waals surface area contributed by atoms with Gasteiger partial charge in [-0.05, 0) is 45.2 Å². The van der Waals surface area contributed by atoms with E-state index < -0.39 is 0 Å². The molecule has 0 saturated heterocycles. The standard InChI is InChI=1S/C17H23N3/c1-14-8-7-11-17(19-14)13-20(3)15(2)12-18-16-9-5-4-6-10-16/h4-11,15,18H,12-13H2,1-3H3. The summed E-state index contributed by atoms with van der Waals surface area (Å²) in [6.07, 6.45) is 0. The highest BCUT2D eigenvalue weighted by Gasteiger charge is 2.10. The molecule has 2 rings (SSSR count). The average Bonchev–Trinajstić information content (AvgIpc) is 2.46. The molecule has 1 atom stereocenters. The lowest BCUT2D eigenvalue weighted by Gasteiger charge is -2.25. The summed E-state index contributed by atoms with van der Waals surface area (Å²) in [7, 11) is 2.14. The maximum atomic E-state index is 4.55. The van der Waals surface area contributed by atoms with Crippen LogP contribution in [0.2, 0.25) is 0 Å². The first-order valence-electron chi connectivity index (χ1n) is 7.07. The van der Waals surface area contributed by atoms with E-state index in [9.17, 15) is 0 Å². The van der Waals surface area contributed by atoms with Crippen LogP contribution in [0, 0.1) is 6.92 Å². The predicted molar refractivity (Wildman–Crippen MR) is 84.8 cm³/mol. The third-order valence-electron chi connectivity index (χ3n) is 3.49. The third-order valence-corrected chi connectivity index (χ3v) is 3.49. The maximum Gasteiger partial charge on any atom is 0.0547 e. The van der Waals surface area contributed by atoms with Crippen LogP contribution in [0.5, 0.6) is 0 Å². The fourth-order valence-corrected chi connectivity index (χ4v) is 2.08. The summed E-state index contributed by atoms with van der Waals surface area (Å²) >= 11 is 0. The number of benzene rings is 1. The molecule has 3 nitrogen and oxygen atoms in total. The normalized spacial score (nSPS) is 12.4. The molecule has 1 aromatic carbocycles. The van der Waals surface area contributed by atoms with Crippen molar-refractivity contribution in [2.24, 2.45) is 0 Å². The summed E-state index contributed by atoms with van der Waals surface area (Å²) in [5.74, 6) is 0. The first-order valence-corrected chi connectivity index (χ1v) is 7.07. The number of rotatable bonds is 6. The van der Waals surface area contributed by atoms with Gasteiger partial charge in [-0.2, -0.15) is 0 Å². The summed E-state index contributed by atoms with van der Waals surface area (Å²) in [4.78, 5) is 6.87. The molecule has 3 heteroatoms. The number of aryl methyl sites for hydroxylation is 1. The lowest BCUT2D eigenvalue weighted by atomic mass is 10.2. The molecular weight excluding hydrogens is 246 g/mol. The number of hydrogen-bond acceptors (Lipinski definition) is 3. The summed E-state index contributed by atoms with van der Waals surface area (Å²) in [5, 5.41) is 3.46. The second-order valence-electron chi connectivity index (χ2n) is 5.28. The Kier molecular flexibility index (Phi) is 5.13. The zero-order valence-electron chi connectivity index (χ0n) is 12.5. The summed E-state index contributed by atoms with van der Waals surface area (Å²) in [5.41, 5.74) is 3.37. The Labute approximate surface area is 121 Å². The van der Waals surface area contributed by atoms with Gasteiger partial charge in [0.15, 0.2) is 0 Å². The van der Waals surface area contributed by atoms with Gasteiger partial charge in [-0.25, -0.2) is 0 Å². The minimum atomic E-state index is 0.442. The van der Waals surface area contributed by atoms with Crippen molar-refractivity contribution < 1.29 is 0 Å². The number of hydrogen-bond donors (Lipinski definition) is 1. The van der Waals surface area contributed by atoms with Gasteiger partial charge in [0.1, 0.15) is 0 Å². The SMILES string of the molecule is Cc1cccc(CN(C)C(C)CNc2ccccc2)n1. The number of anilines is 1. The van der Waals surface area contributed by atoms with Crippen molar-refractivity contribution in [2.45, 2.75) is 26.4 Å². The lowest BCUT2D eigenvalue weighted by molar-refractivity contribution is 0.256. The van der Waals surface area contributed by atoms with Crippen molar-refractivity contribution in [2.75, 3.05) is 18.9 Å². The van der Waals surface area contributed by atoms with Crippen molar-refractivity contribution in [1.29, 1.82) is 0 Å². The Hall–Kier alpha value is -1.87. The van der Waals surface area contributed by atoms with Gasteiger partial charge in [-0.3, -0.25) is 9.88 Å². The predicted octanol–water partition coefficient (Wildman–Crippen LogP) is 3.32. The first kappa shape index (κ1) is 14.5. The second kappa shape index (κ2) is 7.06. The topological polar surface area (TPSA) is 28.2 Å². The van der Waals surface area contributed by atoms with Crippen molar-refractivity contribution in [3.63, 3.8) is 0 Å². The highest BCUT2D eigenvalue weighted by atomic mass is 15.1. The second-order valence-corrected chi connectivity index (χ2v) is 5.28. The van der Waals surface area contributed by atoms with Gasteiger partial charge >= 0.3 is 0 Å². The smallest absolute Gasteiger partial charge is 0.0547 e. The molecule has 1 unspecified atom stereocenters. The van der Waals surface area contributed by atoms with E-state index >= 15 is 0 Å². The lowest BCUT2D eigenvalue weighted by Crippen LogP contribution is -2.34. The summed E-state index contributed by atoms with van der Waals surface area (Å²) in [6.45, 7) is 6.06. The van der Waals surface area contributed by atoms with Crippen molar-refractivity contribution >= 4 is 5.69 Å². The van der Waals surface area contributed by atoms with Gasteiger partial charge in [0.2, 0.25) is 0 Å². The molecule has 1 N–H and O–H groups in total. The van der Waals surface area contributed by atoms with Crippen LogP contribution in [-0.2, 0) is 6.54 Å². The number of nitrogens with one attached hydrogen (secondary N) is 1. The van der Waals surface area contributed by atoms with Gasteiger partial charge in [0.25, 0.3) is 0 Å². The Balaban J connectivity index is 1.84. The van der Waals surface area contributed by atoms with Gasteiger partial charge < -0.3 is 5.32 Å². The Morgan fingerprint density at radius 1 is 1.10 bits per heavy atom. The van der Waals surface area contributed by atoms with Crippen LogP contribution in [0.15, 0.2) is 48.5 Å². The van der Waals surface area contributed by atoms with Gasteiger partial charge in [0.05, 0.1) is 5.69 Å². The molecule has 0 fully saturated rings. The molecule has 0 saturated carbocycles. The molecule has 1 aromatic heterocycles. The zero-order valence-corrected chi connectivity index (χ0v) is 12.5. The van der Waals surface area contributed by atoms with E-state index in [0.29, 0.717) is 6.04 Å². The van der Waals surface area contributed by atoms with Crippen molar-refractivity contribution in [3.05, 3.63) is 59.9 Å². The minimum Gasteiger partial charge on any atom is -0.383 e. The molecule has 0 amide bonds. The third kappa shape index (κ3) is 4.35. The Morgan fingerprint density at radius 3 is 2.55 bits per heavy atom. The molecule has 0 radical (unpaired) electrons.